The van der Waals surface area contributed by atoms with E-state index in [1.54, 1.807) is 0 Å². The molecular formula is C19H28IN3. The van der Waals surface area contributed by atoms with E-state index in [1.807, 2.05) is 0 Å². The van der Waals surface area contributed by atoms with Gasteiger partial charge in [-0.2, -0.15) is 0 Å². The SMILES string of the molecule is CCNC(=NCC1CCCc2ccccc21)NC1CC=CC1.I. The minimum absolute atomic E-state index is 0. The predicted octanol–water partition coefficient (Wildman–Crippen LogP) is 4.00. The molecule has 0 spiro atoms. The summed E-state index contributed by atoms with van der Waals surface area (Å²) in [7, 11) is 0. The summed E-state index contributed by atoms with van der Waals surface area (Å²) in [5.41, 5.74) is 3.03. The molecule has 1 unspecified atom stereocenters. The molecule has 1 atom stereocenters. The Labute approximate surface area is 157 Å². The molecule has 0 fully saturated rings. The monoisotopic (exact) mass is 425 g/mol. The van der Waals surface area contributed by atoms with Gasteiger partial charge in [0.15, 0.2) is 5.96 Å². The van der Waals surface area contributed by atoms with Crippen molar-refractivity contribution in [2.45, 2.75) is 51.0 Å². The lowest BCUT2D eigenvalue weighted by Gasteiger charge is -2.25. The van der Waals surface area contributed by atoms with E-state index in [1.165, 1.54) is 30.4 Å². The lowest BCUT2D eigenvalue weighted by molar-refractivity contribution is 0.556. The first-order valence-corrected chi connectivity index (χ1v) is 8.64. The zero-order chi connectivity index (χ0) is 15.2. The predicted molar refractivity (Wildman–Crippen MR) is 109 cm³/mol. The Balaban J connectivity index is 0.00000192. The van der Waals surface area contributed by atoms with E-state index in [-0.39, 0.29) is 24.0 Å². The van der Waals surface area contributed by atoms with E-state index in [2.05, 4.69) is 54.0 Å². The van der Waals surface area contributed by atoms with Crippen LogP contribution in [0.4, 0.5) is 0 Å². The average Bonchev–Trinajstić information content (AvgIpc) is 3.06. The van der Waals surface area contributed by atoms with Crippen LogP contribution in [0.5, 0.6) is 0 Å². The molecule has 4 heteroatoms. The van der Waals surface area contributed by atoms with Crippen LogP contribution in [0.15, 0.2) is 41.4 Å². The molecule has 0 aliphatic heterocycles. The lowest BCUT2D eigenvalue weighted by Crippen LogP contribution is -2.42. The molecule has 3 nitrogen and oxygen atoms in total. The van der Waals surface area contributed by atoms with Crippen LogP contribution >= 0.6 is 24.0 Å². The van der Waals surface area contributed by atoms with Crippen LogP contribution < -0.4 is 10.6 Å². The quantitative estimate of drug-likeness (QED) is 0.331. The van der Waals surface area contributed by atoms with Crippen LogP contribution in [-0.4, -0.2) is 25.1 Å². The number of nitrogens with one attached hydrogen (secondary N) is 2. The maximum absolute atomic E-state index is 4.87. The van der Waals surface area contributed by atoms with Crippen molar-refractivity contribution in [3.8, 4) is 0 Å². The van der Waals surface area contributed by atoms with E-state index < -0.39 is 0 Å². The Morgan fingerprint density at radius 2 is 2.00 bits per heavy atom. The van der Waals surface area contributed by atoms with Gasteiger partial charge < -0.3 is 10.6 Å². The number of rotatable bonds is 4. The molecule has 1 aromatic rings. The van der Waals surface area contributed by atoms with Crippen molar-refractivity contribution in [1.29, 1.82) is 0 Å². The van der Waals surface area contributed by atoms with Gasteiger partial charge in [-0.05, 0) is 50.2 Å². The van der Waals surface area contributed by atoms with Crippen LogP contribution in [0.1, 0.15) is 49.7 Å². The highest BCUT2D eigenvalue weighted by atomic mass is 127. The third-order valence-corrected chi connectivity index (χ3v) is 4.66. The highest BCUT2D eigenvalue weighted by Crippen LogP contribution is 2.31. The van der Waals surface area contributed by atoms with Crippen LogP contribution in [0, 0.1) is 0 Å². The van der Waals surface area contributed by atoms with Crippen LogP contribution in [0.25, 0.3) is 0 Å². The van der Waals surface area contributed by atoms with Crippen molar-refractivity contribution >= 4 is 29.9 Å². The van der Waals surface area contributed by atoms with E-state index in [4.69, 9.17) is 4.99 Å². The fraction of sp³-hybridized carbons (Fsp3) is 0.526. The van der Waals surface area contributed by atoms with Gasteiger partial charge in [-0.15, -0.1) is 24.0 Å². The number of hydrogen-bond donors (Lipinski definition) is 2. The maximum Gasteiger partial charge on any atom is 0.191 e. The van der Waals surface area contributed by atoms with Gasteiger partial charge >= 0.3 is 0 Å². The summed E-state index contributed by atoms with van der Waals surface area (Å²) in [6.07, 6.45) is 10.5. The van der Waals surface area contributed by atoms with Crippen molar-refractivity contribution in [2.75, 3.05) is 13.1 Å². The molecule has 1 aromatic carbocycles. The number of aliphatic imine (C=N–C) groups is 1. The molecule has 2 aliphatic carbocycles. The van der Waals surface area contributed by atoms with E-state index >= 15 is 0 Å². The molecule has 3 rings (SSSR count). The molecule has 0 heterocycles. The normalized spacial score (nSPS) is 20.7. The van der Waals surface area contributed by atoms with Crippen LogP contribution in [0.3, 0.4) is 0 Å². The average molecular weight is 425 g/mol. The Hall–Kier alpha value is -1.04. The van der Waals surface area contributed by atoms with Gasteiger partial charge in [-0.1, -0.05) is 36.4 Å². The van der Waals surface area contributed by atoms with Gasteiger partial charge in [-0.25, -0.2) is 0 Å². The Morgan fingerprint density at radius 1 is 1.22 bits per heavy atom. The molecule has 0 radical (unpaired) electrons. The topological polar surface area (TPSA) is 36.4 Å². The summed E-state index contributed by atoms with van der Waals surface area (Å²) in [6, 6.07) is 9.39. The second-order valence-electron chi connectivity index (χ2n) is 6.29. The number of nitrogens with zero attached hydrogens (tertiary/aromatic N) is 1. The van der Waals surface area contributed by atoms with Gasteiger partial charge in [-0.3, -0.25) is 4.99 Å². The zero-order valence-electron chi connectivity index (χ0n) is 13.9. The maximum atomic E-state index is 4.87. The third kappa shape index (κ3) is 4.96. The molecule has 2 aliphatic rings. The highest BCUT2D eigenvalue weighted by Gasteiger charge is 2.19. The second kappa shape index (κ2) is 9.30. The van der Waals surface area contributed by atoms with Crippen molar-refractivity contribution in [1.82, 2.24) is 10.6 Å². The van der Waals surface area contributed by atoms with E-state index in [9.17, 15) is 0 Å². The number of hydrogen-bond acceptors (Lipinski definition) is 1. The molecule has 0 amide bonds. The summed E-state index contributed by atoms with van der Waals surface area (Å²) in [6.45, 7) is 3.92. The summed E-state index contributed by atoms with van der Waals surface area (Å²) in [5.74, 6) is 1.54. The van der Waals surface area contributed by atoms with Crippen molar-refractivity contribution in [3.05, 3.63) is 47.5 Å². The summed E-state index contributed by atoms with van der Waals surface area (Å²) in [5, 5.41) is 6.94. The first-order chi connectivity index (χ1) is 10.9. The molecule has 2 N–H and O–H groups in total. The Bertz CT molecular complexity index is 545. The van der Waals surface area contributed by atoms with Gasteiger partial charge in [0, 0.05) is 25.0 Å². The summed E-state index contributed by atoms with van der Waals surface area (Å²) < 4.78 is 0. The molecule has 0 saturated heterocycles. The fourth-order valence-corrected chi connectivity index (χ4v) is 3.49. The largest absolute Gasteiger partial charge is 0.357 e. The smallest absolute Gasteiger partial charge is 0.191 e. The molecule has 23 heavy (non-hydrogen) atoms. The highest BCUT2D eigenvalue weighted by molar-refractivity contribution is 14.0. The number of guanidine groups is 1. The Morgan fingerprint density at radius 3 is 2.78 bits per heavy atom. The number of aryl methyl sites for hydroxylation is 1. The van der Waals surface area contributed by atoms with Gasteiger partial charge in [0.2, 0.25) is 0 Å². The van der Waals surface area contributed by atoms with Crippen molar-refractivity contribution in [3.63, 3.8) is 0 Å². The van der Waals surface area contributed by atoms with E-state index in [0.29, 0.717) is 12.0 Å². The minimum Gasteiger partial charge on any atom is -0.357 e. The molecule has 126 valence electrons. The van der Waals surface area contributed by atoms with Crippen molar-refractivity contribution < 1.29 is 0 Å². The molecule has 0 aromatic heterocycles. The first-order valence-electron chi connectivity index (χ1n) is 8.64. The second-order valence-corrected chi connectivity index (χ2v) is 6.29. The van der Waals surface area contributed by atoms with Crippen LogP contribution in [0.2, 0.25) is 0 Å². The van der Waals surface area contributed by atoms with E-state index in [0.717, 1.165) is 31.9 Å². The standard InChI is InChI=1S/C19H27N3.HI/c1-2-20-19(22-17-11-4-5-12-17)21-14-16-10-7-9-15-8-3-6-13-18(15)16;/h3-6,8,13,16-17H,2,7,9-12,14H2,1H3,(H2,20,21,22);1H. The molecular weight excluding hydrogens is 397 g/mol. The lowest BCUT2D eigenvalue weighted by atomic mass is 9.83. The van der Waals surface area contributed by atoms with Crippen LogP contribution in [-0.2, 0) is 6.42 Å². The first kappa shape index (κ1) is 18.3. The summed E-state index contributed by atoms with van der Waals surface area (Å²) in [4.78, 5) is 4.87. The number of benzene rings is 1. The summed E-state index contributed by atoms with van der Waals surface area (Å²) >= 11 is 0. The van der Waals surface area contributed by atoms with Gasteiger partial charge in [0.25, 0.3) is 0 Å². The fourth-order valence-electron chi connectivity index (χ4n) is 3.49. The molecule has 0 bridgehead atoms. The Kier molecular flexibility index (Phi) is 7.40. The minimum atomic E-state index is 0. The van der Waals surface area contributed by atoms with Crippen molar-refractivity contribution in [2.24, 2.45) is 4.99 Å². The third-order valence-electron chi connectivity index (χ3n) is 4.66. The zero-order valence-corrected chi connectivity index (χ0v) is 16.3. The number of fused-ring (bicyclic) bond motifs is 1. The van der Waals surface area contributed by atoms with Gasteiger partial charge in [0.05, 0.1) is 0 Å². The number of halogens is 1. The molecule has 0 saturated carbocycles. The van der Waals surface area contributed by atoms with Gasteiger partial charge in [0.1, 0.15) is 0 Å².